The summed E-state index contributed by atoms with van der Waals surface area (Å²) in [6.07, 6.45) is 2.09. The molecule has 0 spiro atoms. The first-order chi connectivity index (χ1) is 11.5. The fourth-order valence-corrected chi connectivity index (χ4v) is 3.45. The quantitative estimate of drug-likeness (QED) is 0.798. The lowest BCUT2D eigenvalue weighted by Gasteiger charge is -2.31. The first-order valence-electron chi connectivity index (χ1n) is 8.46. The minimum Gasteiger partial charge on any atom is -0.341 e. The Kier molecular flexibility index (Phi) is 4.55. The molecule has 2 aliphatic heterocycles. The lowest BCUT2D eigenvalue weighted by Crippen LogP contribution is -2.46. The summed E-state index contributed by atoms with van der Waals surface area (Å²) >= 11 is 0. The Morgan fingerprint density at radius 3 is 2.54 bits per heavy atom. The second-order valence-electron chi connectivity index (χ2n) is 6.68. The molecule has 2 aliphatic rings. The number of hydrogen-bond donors (Lipinski definition) is 0. The van der Waals surface area contributed by atoms with Crippen molar-refractivity contribution >= 4 is 23.5 Å². The molecule has 1 aromatic rings. The number of anilines is 1. The summed E-state index contributed by atoms with van der Waals surface area (Å²) in [6, 6.07) is 8.07. The Labute approximate surface area is 142 Å². The molecular formula is C18H23N3O3. The monoisotopic (exact) mass is 329 g/mol. The fourth-order valence-electron chi connectivity index (χ4n) is 3.45. The minimum absolute atomic E-state index is 0.148. The molecule has 2 heterocycles. The zero-order valence-corrected chi connectivity index (χ0v) is 14.1. The van der Waals surface area contributed by atoms with Crippen LogP contribution in [0.15, 0.2) is 30.3 Å². The van der Waals surface area contributed by atoms with Gasteiger partial charge < -0.3 is 4.90 Å². The normalized spacial score (nSPS) is 24.7. The molecule has 0 unspecified atom stereocenters. The van der Waals surface area contributed by atoms with Crippen LogP contribution in [0.2, 0.25) is 0 Å². The summed E-state index contributed by atoms with van der Waals surface area (Å²) in [4.78, 5) is 42.0. The van der Waals surface area contributed by atoms with Crippen LogP contribution in [0.1, 0.15) is 26.7 Å². The van der Waals surface area contributed by atoms with E-state index in [0.717, 1.165) is 17.7 Å². The van der Waals surface area contributed by atoms with Gasteiger partial charge in [0.15, 0.2) is 0 Å². The van der Waals surface area contributed by atoms with Gasteiger partial charge in [0, 0.05) is 18.8 Å². The number of hydrogen-bond acceptors (Lipinski definition) is 3. The van der Waals surface area contributed by atoms with Crippen molar-refractivity contribution in [1.29, 1.82) is 0 Å². The summed E-state index contributed by atoms with van der Waals surface area (Å²) in [7, 11) is 0. The number of rotatable bonds is 3. The Morgan fingerprint density at radius 1 is 1.17 bits per heavy atom. The predicted octanol–water partition coefficient (Wildman–Crippen LogP) is 2.10. The van der Waals surface area contributed by atoms with E-state index in [2.05, 4.69) is 6.92 Å². The van der Waals surface area contributed by atoms with Crippen LogP contribution in [0.3, 0.4) is 0 Å². The van der Waals surface area contributed by atoms with Gasteiger partial charge in [0.2, 0.25) is 5.91 Å². The number of carbonyl (C=O) groups is 3. The standard InChI is InChI=1S/C18H23N3O3/c1-13-7-6-10-19(11-13)16(22)12-20-17(23)14(2)21(18(20)24)15-8-4-3-5-9-15/h3-5,8-9,13-14H,6-7,10-12H2,1-2H3/t13-,14+/m1/s1. The molecule has 128 valence electrons. The molecule has 0 radical (unpaired) electrons. The van der Waals surface area contributed by atoms with Gasteiger partial charge in [-0.2, -0.15) is 0 Å². The van der Waals surface area contributed by atoms with Gasteiger partial charge in [-0.05, 0) is 37.8 Å². The third kappa shape index (κ3) is 3.00. The maximum atomic E-state index is 12.7. The van der Waals surface area contributed by atoms with E-state index in [1.807, 2.05) is 18.2 Å². The summed E-state index contributed by atoms with van der Waals surface area (Å²) < 4.78 is 0. The average Bonchev–Trinajstić information content (AvgIpc) is 2.79. The maximum absolute atomic E-state index is 12.7. The number of urea groups is 1. The molecule has 3 rings (SSSR count). The molecular weight excluding hydrogens is 306 g/mol. The van der Waals surface area contributed by atoms with Crippen molar-refractivity contribution in [2.45, 2.75) is 32.7 Å². The molecule has 0 saturated carbocycles. The van der Waals surface area contributed by atoms with Crippen molar-refractivity contribution < 1.29 is 14.4 Å². The SMILES string of the molecule is C[C@@H]1CCCN(C(=O)CN2C(=O)[C@H](C)N(c3ccccc3)C2=O)C1. The number of imide groups is 1. The zero-order chi connectivity index (χ0) is 17.3. The molecule has 0 aliphatic carbocycles. The van der Waals surface area contributed by atoms with Crippen molar-refractivity contribution in [1.82, 2.24) is 9.80 Å². The number of carbonyl (C=O) groups excluding carboxylic acids is 3. The number of benzene rings is 1. The number of para-hydroxylation sites is 1. The van der Waals surface area contributed by atoms with E-state index in [9.17, 15) is 14.4 Å². The van der Waals surface area contributed by atoms with E-state index in [1.54, 1.807) is 24.0 Å². The van der Waals surface area contributed by atoms with Crippen LogP contribution in [0, 0.1) is 5.92 Å². The summed E-state index contributed by atoms with van der Waals surface area (Å²) in [6.45, 7) is 5.05. The third-order valence-corrected chi connectivity index (χ3v) is 4.79. The van der Waals surface area contributed by atoms with Gasteiger partial charge >= 0.3 is 6.03 Å². The minimum atomic E-state index is -0.590. The van der Waals surface area contributed by atoms with Crippen molar-refractivity contribution in [2.24, 2.45) is 5.92 Å². The molecule has 0 aromatic heterocycles. The molecule has 0 N–H and O–H groups in total. The van der Waals surface area contributed by atoms with E-state index in [0.29, 0.717) is 24.7 Å². The number of piperidine rings is 1. The van der Waals surface area contributed by atoms with Crippen LogP contribution in [-0.4, -0.2) is 53.3 Å². The third-order valence-electron chi connectivity index (χ3n) is 4.79. The predicted molar refractivity (Wildman–Crippen MR) is 90.5 cm³/mol. The molecule has 0 bridgehead atoms. The fraction of sp³-hybridized carbons (Fsp3) is 0.500. The van der Waals surface area contributed by atoms with Crippen molar-refractivity contribution in [3.63, 3.8) is 0 Å². The molecule has 4 amide bonds. The number of nitrogens with zero attached hydrogens (tertiary/aromatic N) is 3. The molecule has 1 aromatic carbocycles. The van der Waals surface area contributed by atoms with Gasteiger partial charge in [-0.25, -0.2) is 4.79 Å². The highest BCUT2D eigenvalue weighted by Crippen LogP contribution is 2.25. The zero-order valence-electron chi connectivity index (χ0n) is 14.1. The first kappa shape index (κ1) is 16.5. The molecule has 24 heavy (non-hydrogen) atoms. The van der Waals surface area contributed by atoms with Gasteiger partial charge in [0.25, 0.3) is 5.91 Å². The van der Waals surface area contributed by atoms with Crippen LogP contribution in [0.5, 0.6) is 0 Å². The lowest BCUT2D eigenvalue weighted by atomic mass is 10.0. The Hall–Kier alpha value is -2.37. The van der Waals surface area contributed by atoms with Crippen LogP contribution in [0.4, 0.5) is 10.5 Å². The number of likely N-dealkylation sites (tertiary alicyclic amines) is 1. The summed E-state index contributed by atoms with van der Waals surface area (Å²) in [5, 5.41) is 0. The Morgan fingerprint density at radius 2 is 1.88 bits per heavy atom. The van der Waals surface area contributed by atoms with Crippen molar-refractivity contribution in [3.05, 3.63) is 30.3 Å². The highest BCUT2D eigenvalue weighted by molar-refractivity contribution is 6.15. The maximum Gasteiger partial charge on any atom is 0.332 e. The molecule has 2 saturated heterocycles. The first-order valence-corrected chi connectivity index (χ1v) is 8.46. The van der Waals surface area contributed by atoms with Gasteiger partial charge in [0.1, 0.15) is 12.6 Å². The Bertz CT molecular complexity index is 646. The Balaban J connectivity index is 1.73. The second-order valence-corrected chi connectivity index (χ2v) is 6.68. The molecule has 6 nitrogen and oxygen atoms in total. The van der Waals surface area contributed by atoms with Crippen LogP contribution < -0.4 is 4.90 Å². The van der Waals surface area contributed by atoms with Crippen molar-refractivity contribution in [2.75, 3.05) is 24.5 Å². The van der Waals surface area contributed by atoms with Crippen LogP contribution in [0.25, 0.3) is 0 Å². The highest BCUT2D eigenvalue weighted by Gasteiger charge is 2.44. The van der Waals surface area contributed by atoms with E-state index in [-0.39, 0.29) is 18.4 Å². The summed E-state index contributed by atoms with van der Waals surface area (Å²) in [5.41, 5.74) is 0.671. The molecule has 2 atom stereocenters. The lowest BCUT2D eigenvalue weighted by molar-refractivity contribution is -0.138. The van der Waals surface area contributed by atoms with Crippen molar-refractivity contribution in [3.8, 4) is 0 Å². The van der Waals surface area contributed by atoms with Crippen LogP contribution >= 0.6 is 0 Å². The van der Waals surface area contributed by atoms with E-state index < -0.39 is 12.1 Å². The van der Waals surface area contributed by atoms with E-state index >= 15 is 0 Å². The smallest absolute Gasteiger partial charge is 0.332 e. The van der Waals surface area contributed by atoms with Gasteiger partial charge in [-0.1, -0.05) is 25.1 Å². The van der Waals surface area contributed by atoms with Gasteiger partial charge in [-0.3, -0.25) is 19.4 Å². The average molecular weight is 329 g/mol. The molecule has 6 heteroatoms. The van der Waals surface area contributed by atoms with Gasteiger partial charge in [-0.15, -0.1) is 0 Å². The topological polar surface area (TPSA) is 60.9 Å². The summed E-state index contributed by atoms with van der Waals surface area (Å²) in [5.74, 6) is 0.0000413. The van der Waals surface area contributed by atoms with E-state index in [1.165, 1.54) is 4.90 Å². The molecule has 2 fully saturated rings. The van der Waals surface area contributed by atoms with Crippen LogP contribution in [-0.2, 0) is 9.59 Å². The van der Waals surface area contributed by atoms with E-state index in [4.69, 9.17) is 0 Å². The highest BCUT2D eigenvalue weighted by atomic mass is 16.2. The number of amides is 4. The van der Waals surface area contributed by atoms with Gasteiger partial charge in [0.05, 0.1) is 0 Å². The largest absolute Gasteiger partial charge is 0.341 e. The second kappa shape index (κ2) is 6.63.